The molecule has 100 valence electrons. The van der Waals surface area contributed by atoms with E-state index in [0.29, 0.717) is 11.4 Å². The molecule has 1 aromatic rings. The fourth-order valence-corrected chi connectivity index (χ4v) is 2.22. The Hall–Kier alpha value is -0.820. The number of halogens is 4. The first-order chi connectivity index (χ1) is 8.40. The van der Waals surface area contributed by atoms with E-state index in [-0.39, 0.29) is 12.6 Å². The van der Waals surface area contributed by atoms with Crippen molar-refractivity contribution < 1.29 is 13.2 Å². The highest BCUT2D eigenvalue weighted by Gasteiger charge is 2.39. The lowest BCUT2D eigenvalue weighted by atomic mass is 10.2. The van der Waals surface area contributed by atoms with Crippen LogP contribution in [0.3, 0.4) is 0 Å². The molecule has 0 bridgehead atoms. The van der Waals surface area contributed by atoms with Crippen molar-refractivity contribution in [3.63, 3.8) is 0 Å². The van der Waals surface area contributed by atoms with Gasteiger partial charge in [-0.15, -0.1) is 0 Å². The molecule has 0 saturated heterocycles. The lowest BCUT2D eigenvalue weighted by Gasteiger charge is -2.26. The summed E-state index contributed by atoms with van der Waals surface area (Å²) in [6.07, 6.45) is -1.18. The van der Waals surface area contributed by atoms with E-state index in [1.54, 1.807) is 6.07 Å². The Morgan fingerprint density at radius 3 is 2.61 bits per heavy atom. The zero-order valence-corrected chi connectivity index (χ0v) is 11.1. The average molecular weight is 324 g/mol. The fraction of sp³-hybridized carbons (Fsp3) is 0.545. The van der Waals surface area contributed by atoms with Crippen LogP contribution < -0.4 is 10.6 Å². The molecule has 1 saturated carbocycles. The highest BCUT2D eigenvalue weighted by atomic mass is 79.9. The van der Waals surface area contributed by atoms with E-state index >= 15 is 0 Å². The number of nitrogens with zero attached hydrogens (tertiary/aromatic N) is 2. The second-order valence-electron chi connectivity index (χ2n) is 4.31. The van der Waals surface area contributed by atoms with Crippen LogP contribution in [0.5, 0.6) is 0 Å². The Morgan fingerprint density at radius 1 is 1.44 bits per heavy atom. The molecule has 0 amide bonds. The van der Waals surface area contributed by atoms with Crippen LogP contribution in [0.4, 0.5) is 19.0 Å². The Kier molecular flexibility index (Phi) is 3.82. The molecular weight excluding hydrogens is 311 g/mol. The minimum absolute atomic E-state index is 0.0643. The Bertz CT molecular complexity index is 432. The van der Waals surface area contributed by atoms with Gasteiger partial charge < -0.3 is 10.6 Å². The van der Waals surface area contributed by atoms with Gasteiger partial charge in [0.1, 0.15) is 12.4 Å². The summed E-state index contributed by atoms with van der Waals surface area (Å²) < 4.78 is 38.5. The summed E-state index contributed by atoms with van der Waals surface area (Å²) in [4.78, 5) is 5.41. The number of anilines is 1. The van der Waals surface area contributed by atoms with Crippen molar-refractivity contribution in [1.82, 2.24) is 4.98 Å². The maximum absolute atomic E-state index is 12.6. The minimum atomic E-state index is -4.23. The number of hydrogen-bond donors (Lipinski definition) is 1. The fourth-order valence-electron chi connectivity index (χ4n) is 1.84. The SMILES string of the molecule is NCc1cc(Br)cnc1N(CC(F)(F)F)C1CC1. The first-order valence-electron chi connectivity index (χ1n) is 5.58. The standard InChI is InChI=1S/C11H13BrF3N3/c12-8-3-7(4-16)10(17-5-8)18(9-1-2-9)6-11(13,14)15/h3,5,9H,1-2,4,6,16H2. The summed E-state index contributed by atoms with van der Waals surface area (Å²) in [5.74, 6) is 0.348. The van der Waals surface area contributed by atoms with E-state index < -0.39 is 12.7 Å². The molecule has 1 aliphatic carbocycles. The normalized spacial score (nSPS) is 15.8. The molecular formula is C11H13BrF3N3. The van der Waals surface area contributed by atoms with Crippen LogP contribution in [0.25, 0.3) is 0 Å². The minimum Gasteiger partial charge on any atom is -0.344 e. The maximum atomic E-state index is 12.6. The van der Waals surface area contributed by atoms with Gasteiger partial charge in [-0.3, -0.25) is 0 Å². The largest absolute Gasteiger partial charge is 0.405 e. The summed E-state index contributed by atoms with van der Waals surface area (Å²) in [6, 6.07) is 1.65. The molecule has 0 radical (unpaired) electrons. The van der Waals surface area contributed by atoms with Crippen LogP contribution in [-0.4, -0.2) is 23.7 Å². The molecule has 2 N–H and O–H groups in total. The number of hydrogen-bond acceptors (Lipinski definition) is 3. The second kappa shape index (κ2) is 5.05. The van der Waals surface area contributed by atoms with Gasteiger partial charge in [-0.25, -0.2) is 4.98 Å². The molecule has 18 heavy (non-hydrogen) atoms. The van der Waals surface area contributed by atoms with Gasteiger partial charge in [-0.2, -0.15) is 13.2 Å². The molecule has 0 aliphatic heterocycles. The van der Waals surface area contributed by atoms with Gasteiger partial charge in [0.05, 0.1) is 0 Å². The van der Waals surface area contributed by atoms with Crippen LogP contribution in [0.2, 0.25) is 0 Å². The third-order valence-electron chi connectivity index (χ3n) is 2.74. The lowest BCUT2D eigenvalue weighted by Crippen LogP contribution is -2.37. The molecule has 1 fully saturated rings. The van der Waals surface area contributed by atoms with Gasteiger partial charge in [0.25, 0.3) is 0 Å². The van der Waals surface area contributed by atoms with Crippen LogP contribution in [0.1, 0.15) is 18.4 Å². The molecule has 2 rings (SSSR count). The molecule has 0 spiro atoms. The molecule has 1 aromatic heterocycles. The van der Waals surface area contributed by atoms with Crippen LogP contribution >= 0.6 is 15.9 Å². The number of aromatic nitrogens is 1. The van der Waals surface area contributed by atoms with Crippen LogP contribution in [0.15, 0.2) is 16.7 Å². The van der Waals surface area contributed by atoms with Crippen molar-refractivity contribution in [3.8, 4) is 0 Å². The van der Waals surface area contributed by atoms with E-state index in [4.69, 9.17) is 5.73 Å². The quantitative estimate of drug-likeness (QED) is 0.926. The zero-order valence-electron chi connectivity index (χ0n) is 9.54. The summed E-state index contributed by atoms with van der Waals surface area (Å²) in [5, 5.41) is 0. The van der Waals surface area contributed by atoms with Gasteiger partial charge in [-0.1, -0.05) is 0 Å². The lowest BCUT2D eigenvalue weighted by molar-refractivity contribution is -0.120. The molecule has 0 unspecified atom stereocenters. The van der Waals surface area contributed by atoms with Crippen molar-refractivity contribution in [2.24, 2.45) is 5.73 Å². The number of nitrogens with two attached hydrogens (primary N) is 1. The molecule has 7 heteroatoms. The molecule has 1 aliphatic rings. The highest BCUT2D eigenvalue weighted by molar-refractivity contribution is 9.10. The molecule has 3 nitrogen and oxygen atoms in total. The topological polar surface area (TPSA) is 42.1 Å². The second-order valence-corrected chi connectivity index (χ2v) is 5.23. The predicted octanol–water partition coefficient (Wildman–Crippen LogP) is 2.83. The van der Waals surface area contributed by atoms with Crippen molar-refractivity contribution in [2.45, 2.75) is 31.6 Å². The van der Waals surface area contributed by atoms with Crippen molar-refractivity contribution >= 4 is 21.7 Å². The summed E-state index contributed by atoms with van der Waals surface area (Å²) in [5.41, 5.74) is 6.20. The van der Waals surface area contributed by atoms with Gasteiger partial charge in [-0.05, 0) is 34.8 Å². The number of alkyl halides is 3. The average Bonchev–Trinajstić information content (AvgIpc) is 3.08. The van der Waals surface area contributed by atoms with Gasteiger partial charge in [0, 0.05) is 28.8 Å². The first-order valence-corrected chi connectivity index (χ1v) is 6.38. The molecule has 1 heterocycles. The summed E-state index contributed by atoms with van der Waals surface area (Å²) in [6.45, 7) is -0.803. The third-order valence-corrected chi connectivity index (χ3v) is 3.17. The van der Waals surface area contributed by atoms with Crippen molar-refractivity contribution in [2.75, 3.05) is 11.4 Å². The van der Waals surface area contributed by atoms with Crippen molar-refractivity contribution in [3.05, 3.63) is 22.3 Å². The van der Waals surface area contributed by atoms with E-state index in [1.807, 2.05) is 0 Å². The molecule has 0 aromatic carbocycles. The van der Waals surface area contributed by atoms with E-state index in [1.165, 1.54) is 11.1 Å². The Morgan fingerprint density at radius 2 is 2.11 bits per heavy atom. The summed E-state index contributed by atoms with van der Waals surface area (Å²) in [7, 11) is 0. The monoisotopic (exact) mass is 323 g/mol. The Balaban J connectivity index is 2.30. The van der Waals surface area contributed by atoms with E-state index in [9.17, 15) is 13.2 Å². The highest BCUT2D eigenvalue weighted by Crippen LogP contribution is 2.35. The van der Waals surface area contributed by atoms with E-state index in [2.05, 4.69) is 20.9 Å². The number of pyridine rings is 1. The van der Waals surface area contributed by atoms with Gasteiger partial charge >= 0.3 is 6.18 Å². The number of rotatable bonds is 4. The Labute approximate surface area is 111 Å². The van der Waals surface area contributed by atoms with Gasteiger partial charge in [0.15, 0.2) is 0 Å². The summed E-state index contributed by atoms with van der Waals surface area (Å²) >= 11 is 3.24. The van der Waals surface area contributed by atoms with E-state index in [0.717, 1.165) is 17.3 Å². The zero-order chi connectivity index (χ0) is 13.3. The van der Waals surface area contributed by atoms with Crippen LogP contribution in [0, 0.1) is 0 Å². The smallest absolute Gasteiger partial charge is 0.344 e. The first kappa shape index (κ1) is 13.6. The van der Waals surface area contributed by atoms with Gasteiger partial charge in [0.2, 0.25) is 0 Å². The van der Waals surface area contributed by atoms with Crippen LogP contribution in [-0.2, 0) is 6.54 Å². The predicted molar refractivity (Wildman–Crippen MR) is 66.3 cm³/mol. The third kappa shape index (κ3) is 3.35. The molecule has 0 atom stereocenters. The van der Waals surface area contributed by atoms with Crippen molar-refractivity contribution in [1.29, 1.82) is 0 Å². The maximum Gasteiger partial charge on any atom is 0.405 e.